The minimum Gasteiger partial charge on any atom is -0.372 e. The fourth-order valence-corrected chi connectivity index (χ4v) is 2.40. The van der Waals surface area contributed by atoms with Crippen LogP contribution in [-0.2, 0) is 0 Å². The standard InChI is InChI=1S/C13H19FN2/c1-16(12-7-5-11(15)6-8-12)13-4-2-3-10(14)9-13/h2-4,9,11-12H,5-8,15H2,1H3. The number of anilines is 1. The van der Waals surface area contributed by atoms with Gasteiger partial charge in [0.1, 0.15) is 5.82 Å². The van der Waals surface area contributed by atoms with Crippen molar-refractivity contribution in [3.05, 3.63) is 30.1 Å². The summed E-state index contributed by atoms with van der Waals surface area (Å²) in [7, 11) is 2.04. The summed E-state index contributed by atoms with van der Waals surface area (Å²) in [5.41, 5.74) is 6.84. The van der Waals surface area contributed by atoms with E-state index in [4.69, 9.17) is 5.73 Å². The Bertz CT molecular complexity index is 346. The topological polar surface area (TPSA) is 29.3 Å². The van der Waals surface area contributed by atoms with Crippen LogP contribution < -0.4 is 10.6 Å². The summed E-state index contributed by atoms with van der Waals surface area (Å²) in [6.07, 6.45) is 4.36. The zero-order valence-electron chi connectivity index (χ0n) is 9.70. The van der Waals surface area contributed by atoms with Crippen LogP contribution in [0.5, 0.6) is 0 Å². The molecule has 2 rings (SSSR count). The lowest BCUT2D eigenvalue weighted by molar-refractivity contribution is 0.385. The molecule has 1 aromatic carbocycles. The van der Waals surface area contributed by atoms with Crippen LogP contribution in [0.25, 0.3) is 0 Å². The maximum absolute atomic E-state index is 13.1. The molecule has 88 valence electrons. The molecule has 16 heavy (non-hydrogen) atoms. The number of hydrogen-bond donors (Lipinski definition) is 1. The average Bonchev–Trinajstić information content (AvgIpc) is 2.29. The Morgan fingerprint density at radius 1 is 1.25 bits per heavy atom. The second kappa shape index (κ2) is 4.83. The van der Waals surface area contributed by atoms with Crippen molar-refractivity contribution in [2.45, 2.75) is 37.8 Å². The van der Waals surface area contributed by atoms with E-state index in [-0.39, 0.29) is 5.82 Å². The maximum atomic E-state index is 13.1. The monoisotopic (exact) mass is 222 g/mol. The maximum Gasteiger partial charge on any atom is 0.125 e. The molecule has 0 aromatic heterocycles. The van der Waals surface area contributed by atoms with Crippen LogP contribution in [0.3, 0.4) is 0 Å². The molecule has 1 aliphatic carbocycles. The first-order chi connectivity index (χ1) is 7.66. The average molecular weight is 222 g/mol. The third-order valence-electron chi connectivity index (χ3n) is 3.50. The Hall–Kier alpha value is -1.09. The van der Waals surface area contributed by atoms with Crippen LogP contribution in [0.2, 0.25) is 0 Å². The predicted octanol–water partition coefficient (Wildman–Crippen LogP) is 2.53. The van der Waals surface area contributed by atoms with E-state index in [1.807, 2.05) is 13.1 Å². The van der Waals surface area contributed by atoms with E-state index in [1.165, 1.54) is 6.07 Å². The SMILES string of the molecule is CN(c1cccc(F)c1)C1CCC(N)CC1. The lowest BCUT2D eigenvalue weighted by Crippen LogP contribution is -2.38. The molecule has 1 aliphatic rings. The number of hydrogen-bond acceptors (Lipinski definition) is 2. The smallest absolute Gasteiger partial charge is 0.125 e. The van der Waals surface area contributed by atoms with Gasteiger partial charge in [0, 0.05) is 24.8 Å². The number of halogens is 1. The van der Waals surface area contributed by atoms with Crippen LogP contribution in [0.1, 0.15) is 25.7 Å². The largest absolute Gasteiger partial charge is 0.372 e. The van der Waals surface area contributed by atoms with Crippen molar-refractivity contribution in [2.24, 2.45) is 5.73 Å². The molecule has 2 nitrogen and oxygen atoms in total. The molecular formula is C13H19FN2. The molecule has 0 atom stereocenters. The van der Waals surface area contributed by atoms with Gasteiger partial charge >= 0.3 is 0 Å². The van der Waals surface area contributed by atoms with Gasteiger partial charge in [0.05, 0.1) is 0 Å². The second-order valence-electron chi connectivity index (χ2n) is 4.66. The van der Waals surface area contributed by atoms with Gasteiger partial charge < -0.3 is 10.6 Å². The van der Waals surface area contributed by atoms with Crippen molar-refractivity contribution < 1.29 is 4.39 Å². The van der Waals surface area contributed by atoms with E-state index in [2.05, 4.69) is 4.90 Å². The summed E-state index contributed by atoms with van der Waals surface area (Å²) >= 11 is 0. The van der Waals surface area contributed by atoms with Crippen LogP contribution in [-0.4, -0.2) is 19.1 Å². The van der Waals surface area contributed by atoms with Crippen LogP contribution in [0.15, 0.2) is 24.3 Å². The summed E-state index contributed by atoms with van der Waals surface area (Å²) in [6, 6.07) is 7.65. The van der Waals surface area contributed by atoms with Crippen molar-refractivity contribution in [3.63, 3.8) is 0 Å². The van der Waals surface area contributed by atoms with Crippen molar-refractivity contribution in [2.75, 3.05) is 11.9 Å². The van der Waals surface area contributed by atoms with E-state index < -0.39 is 0 Å². The second-order valence-corrected chi connectivity index (χ2v) is 4.66. The van der Waals surface area contributed by atoms with Gasteiger partial charge in [-0.2, -0.15) is 0 Å². The normalized spacial score (nSPS) is 25.4. The van der Waals surface area contributed by atoms with Gasteiger partial charge in [-0.15, -0.1) is 0 Å². The molecule has 0 saturated heterocycles. The zero-order chi connectivity index (χ0) is 11.5. The highest BCUT2D eigenvalue weighted by Crippen LogP contribution is 2.25. The molecule has 1 aromatic rings. The highest BCUT2D eigenvalue weighted by molar-refractivity contribution is 5.46. The minimum atomic E-state index is -0.170. The molecule has 2 N–H and O–H groups in total. The van der Waals surface area contributed by atoms with Gasteiger partial charge in [0.2, 0.25) is 0 Å². The number of rotatable bonds is 2. The van der Waals surface area contributed by atoms with Gasteiger partial charge in [0.25, 0.3) is 0 Å². The van der Waals surface area contributed by atoms with E-state index in [0.717, 1.165) is 31.4 Å². The van der Waals surface area contributed by atoms with Gasteiger partial charge in [-0.1, -0.05) is 6.07 Å². The van der Waals surface area contributed by atoms with Gasteiger partial charge in [0.15, 0.2) is 0 Å². The molecule has 1 saturated carbocycles. The van der Waals surface area contributed by atoms with Gasteiger partial charge in [-0.05, 0) is 43.9 Å². The van der Waals surface area contributed by atoms with E-state index in [9.17, 15) is 4.39 Å². The highest BCUT2D eigenvalue weighted by Gasteiger charge is 2.22. The quantitative estimate of drug-likeness (QED) is 0.833. The summed E-state index contributed by atoms with van der Waals surface area (Å²) in [4.78, 5) is 2.18. The van der Waals surface area contributed by atoms with Crippen LogP contribution in [0.4, 0.5) is 10.1 Å². The minimum absolute atomic E-state index is 0.170. The Balaban J connectivity index is 2.04. The van der Waals surface area contributed by atoms with Crippen molar-refractivity contribution >= 4 is 5.69 Å². The fraction of sp³-hybridized carbons (Fsp3) is 0.538. The Kier molecular flexibility index (Phi) is 3.44. The molecule has 0 amide bonds. The molecule has 0 aliphatic heterocycles. The molecule has 0 bridgehead atoms. The van der Waals surface area contributed by atoms with Crippen molar-refractivity contribution in [1.29, 1.82) is 0 Å². The third-order valence-corrected chi connectivity index (χ3v) is 3.50. The first kappa shape index (κ1) is 11.4. The molecule has 1 fully saturated rings. The van der Waals surface area contributed by atoms with Crippen molar-refractivity contribution in [3.8, 4) is 0 Å². The van der Waals surface area contributed by atoms with Gasteiger partial charge in [-0.25, -0.2) is 4.39 Å². The molecule has 0 radical (unpaired) electrons. The third kappa shape index (κ3) is 2.53. The molecule has 0 spiro atoms. The zero-order valence-corrected chi connectivity index (χ0v) is 9.70. The number of nitrogens with two attached hydrogens (primary N) is 1. The van der Waals surface area contributed by atoms with E-state index >= 15 is 0 Å². The van der Waals surface area contributed by atoms with Crippen LogP contribution >= 0.6 is 0 Å². The van der Waals surface area contributed by atoms with E-state index in [0.29, 0.717) is 12.1 Å². The fourth-order valence-electron chi connectivity index (χ4n) is 2.40. The van der Waals surface area contributed by atoms with Gasteiger partial charge in [-0.3, -0.25) is 0 Å². The lowest BCUT2D eigenvalue weighted by atomic mass is 9.91. The van der Waals surface area contributed by atoms with Crippen molar-refractivity contribution in [1.82, 2.24) is 0 Å². The lowest BCUT2D eigenvalue weighted by Gasteiger charge is -2.35. The molecular weight excluding hydrogens is 203 g/mol. The first-order valence-electron chi connectivity index (χ1n) is 5.91. The summed E-state index contributed by atoms with van der Waals surface area (Å²) in [5.74, 6) is -0.170. The number of nitrogens with zero attached hydrogens (tertiary/aromatic N) is 1. The Labute approximate surface area is 96.2 Å². The molecule has 3 heteroatoms. The summed E-state index contributed by atoms with van der Waals surface area (Å²) in [5, 5.41) is 0. The highest BCUT2D eigenvalue weighted by atomic mass is 19.1. The summed E-state index contributed by atoms with van der Waals surface area (Å²) < 4.78 is 13.1. The molecule has 0 heterocycles. The summed E-state index contributed by atoms with van der Waals surface area (Å²) in [6.45, 7) is 0. The Morgan fingerprint density at radius 2 is 1.94 bits per heavy atom. The van der Waals surface area contributed by atoms with Crippen LogP contribution in [0, 0.1) is 5.82 Å². The molecule has 0 unspecified atom stereocenters. The number of benzene rings is 1. The van der Waals surface area contributed by atoms with E-state index in [1.54, 1.807) is 12.1 Å². The Morgan fingerprint density at radius 3 is 2.56 bits per heavy atom. The first-order valence-corrected chi connectivity index (χ1v) is 5.91. The predicted molar refractivity (Wildman–Crippen MR) is 65.0 cm³/mol.